The van der Waals surface area contributed by atoms with Crippen LogP contribution in [0.1, 0.15) is 46.6 Å². The standard InChI is InChI=1S/C37H31ClF3N7O4S/c1-21-45-29-18-44-33(46(2)24-8-13-47(14-9-24)20-36(10-15-52-36)37(39,40)41)27(17-42)30(29)34(49)48(21)12-3-4-22-5-6-23(38)16-26(22)25-7-11-43-31-28(35(50)51)19-53-32(25)31/h5-7,11,16,18-19,24H,8-10,12-15,20H2,1-2H3,(H,50,51). The molecule has 2 aliphatic rings. The second kappa shape index (κ2) is 14.1. The van der Waals surface area contributed by atoms with Crippen molar-refractivity contribution in [2.24, 2.45) is 0 Å². The van der Waals surface area contributed by atoms with Crippen LogP contribution in [0.2, 0.25) is 5.02 Å². The Bertz CT molecular complexity index is 2440. The number of carboxylic acid groups (broad SMARTS) is 1. The number of anilines is 1. The van der Waals surface area contributed by atoms with Crippen molar-refractivity contribution in [3.8, 4) is 29.0 Å². The fraction of sp³-hybridized carbons (Fsp3) is 0.351. The average molecular weight is 762 g/mol. The molecule has 2 aliphatic heterocycles. The molecule has 0 radical (unpaired) electrons. The molecule has 0 spiro atoms. The molecule has 5 aromatic rings. The van der Waals surface area contributed by atoms with Gasteiger partial charge in [0.15, 0.2) is 5.60 Å². The molecule has 272 valence electrons. The number of carbonyl (C=O) groups is 1. The van der Waals surface area contributed by atoms with E-state index in [9.17, 15) is 33.1 Å². The Hall–Kier alpha value is -5.06. The second-order valence-electron chi connectivity index (χ2n) is 13.1. The molecule has 4 aromatic heterocycles. The molecule has 1 atom stereocenters. The first-order chi connectivity index (χ1) is 25.3. The zero-order valence-electron chi connectivity index (χ0n) is 28.5. The number of likely N-dealkylation sites (tertiary alicyclic amines) is 1. The lowest BCUT2D eigenvalue weighted by atomic mass is 9.91. The van der Waals surface area contributed by atoms with E-state index in [1.54, 1.807) is 48.5 Å². The maximum atomic E-state index is 14.0. The minimum Gasteiger partial charge on any atom is -0.478 e. The number of hydrogen-bond donors (Lipinski definition) is 1. The van der Waals surface area contributed by atoms with Gasteiger partial charge in [0.1, 0.15) is 23.3 Å². The lowest BCUT2D eigenvalue weighted by Gasteiger charge is -2.47. The van der Waals surface area contributed by atoms with Crippen molar-refractivity contribution >= 4 is 55.8 Å². The fourth-order valence-electron chi connectivity index (χ4n) is 7.01. The zero-order chi connectivity index (χ0) is 37.7. The van der Waals surface area contributed by atoms with Crippen LogP contribution in [0.5, 0.6) is 0 Å². The number of aromatic nitrogens is 4. The van der Waals surface area contributed by atoms with Crippen molar-refractivity contribution in [2.75, 3.05) is 38.2 Å². The lowest BCUT2D eigenvalue weighted by molar-refractivity contribution is -0.329. The zero-order valence-corrected chi connectivity index (χ0v) is 30.1. The van der Waals surface area contributed by atoms with E-state index in [4.69, 9.17) is 16.3 Å². The number of carboxylic acids is 1. The number of nitrogens with zero attached hydrogens (tertiary/aromatic N) is 7. The highest BCUT2D eigenvalue weighted by Gasteiger charge is 2.60. The quantitative estimate of drug-likeness (QED) is 0.189. The number of aromatic carboxylic acids is 1. The first-order valence-corrected chi connectivity index (χ1v) is 17.9. The molecule has 2 fully saturated rings. The first kappa shape index (κ1) is 36.3. The number of pyridine rings is 2. The molecule has 0 saturated carbocycles. The van der Waals surface area contributed by atoms with Crippen LogP contribution < -0.4 is 10.5 Å². The highest BCUT2D eigenvalue weighted by atomic mass is 35.5. The molecule has 1 unspecified atom stereocenters. The number of nitriles is 1. The number of benzene rings is 1. The number of thiophene rings is 1. The molecular weight excluding hydrogens is 731 g/mol. The second-order valence-corrected chi connectivity index (χ2v) is 14.4. The maximum absolute atomic E-state index is 14.0. The SMILES string of the molecule is Cc1nc2cnc(N(C)C3CCN(CC4(C(F)(F)F)CCO4)CC3)c(C#N)c2c(=O)n1CC#Cc1ccc(Cl)cc1-c1ccnc2c(C(=O)O)csc12. The summed E-state index contributed by atoms with van der Waals surface area (Å²) in [6.07, 6.45) is -0.433. The van der Waals surface area contributed by atoms with Gasteiger partial charge in [-0.1, -0.05) is 23.4 Å². The molecule has 7 rings (SSSR count). The number of rotatable bonds is 7. The Morgan fingerprint density at radius 2 is 1.98 bits per heavy atom. The van der Waals surface area contributed by atoms with Crippen molar-refractivity contribution in [1.82, 2.24) is 24.4 Å². The van der Waals surface area contributed by atoms with Crippen LogP contribution >= 0.6 is 22.9 Å². The summed E-state index contributed by atoms with van der Waals surface area (Å²) in [6.45, 7) is 2.32. The van der Waals surface area contributed by atoms with E-state index in [1.165, 1.54) is 28.3 Å². The van der Waals surface area contributed by atoms with Gasteiger partial charge in [-0.2, -0.15) is 18.4 Å². The first-order valence-electron chi connectivity index (χ1n) is 16.7. The molecule has 0 bridgehead atoms. The third-order valence-corrected chi connectivity index (χ3v) is 11.3. The molecule has 2 saturated heterocycles. The van der Waals surface area contributed by atoms with Crippen LogP contribution in [0.15, 0.2) is 46.8 Å². The van der Waals surface area contributed by atoms with Crippen LogP contribution in [-0.2, 0) is 11.3 Å². The summed E-state index contributed by atoms with van der Waals surface area (Å²) in [5.74, 6) is 5.78. The molecule has 53 heavy (non-hydrogen) atoms. The van der Waals surface area contributed by atoms with Gasteiger partial charge in [-0.25, -0.2) is 14.8 Å². The van der Waals surface area contributed by atoms with Gasteiger partial charge < -0.3 is 14.7 Å². The van der Waals surface area contributed by atoms with Crippen molar-refractivity contribution in [3.05, 3.63) is 79.9 Å². The minimum absolute atomic E-state index is 0.0520. The summed E-state index contributed by atoms with van der Waals surface area (Å²) in [6, 6.07) is 8.98. The van der Waals surface area contributed by atoms with Gasteiger partial charge in [-0.15, -0.1) is 11.3 Å². The monoisotopic (exact) mass is 761 g/mol. The Kier molecular flexibility index (Phi) is 9.63. The summed E-state index contributed by atoms with van der Waals surface area (Å²) >= 11 is 7.64. The maximum Gasteiger partial charge on any atom is 0.418 e. The summed E-state index contributed by atoms with van der Waals surface area (Å²) in [4.78, 5) is 42.7. The van der Waals surface area contributed by atoms with Gasteiger partial charge in [0.25, 0.3) is 5.56 Å². The van der Waals surface area contributed by atoms with E-state index in [2.05, 4.69) is 32.9 Å². The van der Waals surface area contributed by atoms with Gasteiger partial charge in [0, 0.05) is 72.4 Å². The fourth-order valence-corrected chi connectivity index (χ4v) is 8.21. The van der Waals surface area contributed by atoms with Crippen molar-refractivity contribution < 1.29 is 27.8 Å². The topological polar surface area (TPSA) is 137 Å². The Balaban J connectivity index is 1.15. The molecule has 1 aromatic carbocycles. The molecule has 1 N–H and O–H groups in total. The summed E-state index contributed by atoms with van der Waals surface area (Å²) in [7, 11) is 1.77. The van der Waals surface area contributed by atoms with E-state index in [0.717, 1.165) is 0 Å². The molecule has 11 nitrogen and oxygen atoms in total. The Labute approximate surface area is 310 Å². The smallest absolute Gasteiger partial charge is 0.418 e. The van der Waals surface area contributed by atoms with Gasteiger partial charge >= 0.3 is 12.1 Å². The normalized spacial score (nSPS) is 18.0. The van der Waals surface area contributed by atoms with Gasteiger partial charge in [-0.05, 0) is 44.0 Å². The van der Waals surface area contributed by atoms with E-state index in [1.807, 2.05) is 4.90 Å². The highest BCUT2D eigenvalue weighted by molar-refractivity contribution is 7.18. The van der Waals surface area contributed by atoms with Crippen molar-refractivity contribution in [3.63, 3.8) is 0 Å². The number of halogens is 4. The van der Waals surface area contributed by atoms with Gasteiger partial charge in [0.2, 0.25) is 0 Å². The molecule has 0 amide bonds. The predicted octanol–water partition coefficient (Wildman–Crippen LogP) is 6.27. The molecule has 6 heterocycles. The predicted molar refractivity (Wildman–Crippen MR) is 194 cm³/mol. The van der Waals surface area contributed by atoms with E-state index in [-0.39, 0.29) is 54.2 Å². The summed E-state index contributed by atoms with van der Waals surface area (Å²) in [5, 5.41) is 22.0. The number of hydrogen-bond acceptors (Lipinski definition) is 10. The molecule has 0 aliphatic carbocycles. The number of ether oxygens (including phenoxy) is 1. The number of fused-ring (bicyclic) bond motifs is 2. The number of piperidine rings is 1. The van der Waals surface area contributed by atoms with Crippen molar-refractivity contribution in [1.29, 1.82) is 5.26 Å². The average Bonchev–Trinajstić information content (AvgIpc) is 3.56. The van der Waals surface area contributed by atoms with Crippen LogP contribution in [-0.4, -0.2) is 86.6 Å². The van der Waals surface area contributed by atoms with Crippen LogP contribution in [0.25, 0.3) is 32.2 Å². The van der Waals surface area contributed by atoms with E-state index in [0.29, 0.717) is 69.5 Å². The lowest BCUT2D eigenvalue weighted by Crippen LogP contribution is -2.62. The van der Waals surface area contributed by atoms with Crippen LogP contribution in [0.3, 0.4) is 0 Å². The van der Waals surface area contributed by atoms with E-state index >= 15 is 0 Å². The van der Waals surface area contributed by atoms with Crippen molar-refractivity contribution in [2.45, 2.75) is 50.6 Å². The Morgan fingerprint density at radius 1 is 1.23 bits per heavy atom. The largest absolute Gasteiger partial charge is 0.478 e. The minimum atomic E-state index is -4.44. The third kappa shape index (κ3) is 6.59. The third-order valence-electron chi connectivity index (χ3n) is 10.0. The van der Waals surface area contributed by atoms with Crippen LogP contribution in [0, 0.1) is 30.1 Å². The number of alkyl halides is 3. The van der Waals surface area contributed by atoms with Gasteiger partial charge in [0.05, 0.1) is 46.0 Å². The summed E-state index contributed by atoms with van der Waals surface area (Å²) in [5.41, 5.74) is 0.183. The number of aryl methyl sites for hydroxylation is 1. The highest BCUT2D eigenvalue weighted by Crippen LogP contribution is 2.43. The van der Waals surface area contributed by atoms with Gasteiger partial charge in [-0.3, -0.25) is 19.2 Å². The molecular formula is C37H31ClF3N7O4S. The summed E-state index contributed by atoms with van der Waals surface area (Å²) < 4.78 is 48.1. The van der Waals surface area contributed by atoms with Crippen LogP contribution in [0.4, 0.5) is 19.0 Å². The Morgan fingerprint density at radius 3 is 2.64 bits per heavy atom. The molecule has 16 heteroatoms. The van der Waals surface area contributed by atoms with E-state index < -0.39 is 23.3 Å².